The molecule has 21 heavy (non-hydrogen) atoms. The summed E-state index contributed by atoms with van der Waals surface area (Å²) in [5, 5.41) is 11.0. The van der Waals surface area contributed by atoms with Crippen molar-refractivity contribution < 1.29 is 14.6 Å². The number of hydrogen-bond donors (Lipinski definition) is 1. The molecule has 0 bridgehead atoms. The van der Waals surface area contributed by atoms with Gasteiger partial charge in [0.25, 0.3) is 0 Å². The molecular formula is C17H17ClO3. The molecule has 2 atom stereocenters. The van der Waals surface area contributed by atoms with Crippen LogP contribution in [0.5, 0.6) is 5.75 Å². The molecule has 2 aromatic carbocycles. The van der Waals surface area contributed by atoms with Crippen molar-refractivity contribution in [3.05, 3.63) is 64.7 Å². The minimum absolute atomic E-state index is 0.129. The van der Waals surface area contributed by atoms with Gasteiger partial charge in [-0.1, -0.05) is 41.9 Å². The van der Waals surface area contributed by atoms with Crippen LogP contribution in [0.3, 0.4) is 0 Å². The Labute approximate surface area is 129 Å². The van der Waals surface area contributed by atoms with Crippen molar-refractivity contribution in [1.29, 1.82) is 0 Å². The summed E-state index contributed by atoms with van der Waals surface area (Å²) in [5.41, 5.74) is 1.50. The normalized spacial score (nSPS) is 19.4. The zero-order valence-electron chi connectivity index (χ0n) is 11.5. The van der Waals surface area contributed by atoms with Crippen LogP contribution in [-0.4, -0.2) is 24.4 Å². The highest BCUT2D eigenvalue weighted by atomic mass is 35.5. The molecular weight excluding hydrogens is 288 g/mol. The summed E-state index contributed by atoms with van der Waals surface area (Å²) in [6.07, 6.45) is 0.316. The SMILES string of the molecule is OC(c1ccc(O[C@H]2CCOC2)cc1)c1ccccc1Cl. The molecule has 0 saturated carbocycles. The van der Waals surface area contributed by atoms with Crippen LogP contribution in [0.15, 0.2) is 48.5 Å². The van der Waals surface area contributed by atoms with Crippen molar-refractivity contribution in [3.8, 4) is 5.75 Å². The summed E-state index contributed by atoms with van der Waals surface area (Å²) >= 11 is 6.12. The Hall–Kier alpha value is -1.55. The fourth-order valence-electron chi connectivity index (χ4n) is 2.40. The monoisotopic (exact) mass is 304 g/mol. The largest absolute Gasteiger partial charge is 0.488 e. The Morgan fingerprint density at radius 3 is 2.57 bits per heavy atom. The third kappa shape index (κ3) is 3.38. The molecule has 2 aromatic rings. The third-order valence-electron chi connectivity index (χ3n) is 3.59. The Morgan fingerprint density at radius 1 is 1.14 bits per heavy atom. The van der Waals surface area contributed by atoms with Crippen LogP contribution in [0.25, 0.3) is 0 Å². The number of halogens is 1. The Kier molecular flexibility index (Phi) is 4.44. The van der Waals surface area contributed by atoms with E-state index < -0.39 is 6.10 Å². The summed E-state index contributed by atoms with van der Waals surface area (Å²) in [7, 11) is 0. The van der Waals surface area contributed by atoms with E-state index in [1.165, 1.54) is 0 Å². The first kappa shape index (κ1) is 14.4. The van der Waals surface area contributed by atoms with Gasteiger partial charge >= 0.3 is 0 Å². The highest BCUT2D eigenvalue weighted by molar-refractivity contribution is 6.31. The van der Waals surface area contributed by atoms with Gasteiger partial charge in [-0.05, 0) is 23.8 Å². The second-order valence-corrected chi connectivity index (χ2v) is 5.50. The van der Waals surface area contributed by atoms with Crippen LogP contribution >= 0.6 is 11.6 Å². The van der Waals surface area contributed by atoms with Crippen LogP contribution in [0.1, 0.15) is 23.7 Å². The Morgan fingerprint density at radius 2 is 1.90 bits per heavy atom. The lowest BCUT2D eigenvalue weighted by atomic mass is 10.0. The predicted molar refractivity (Wildman–Crippen MR) is 81.8 cm³/mol. The van der Waals surface area contributed by atoms with E-state index in [2.05, 4.69) is 0 Å². The maximum Gasteiger partial charge on any atom is 0.124 e. The molecule has 0 aromatic heterocycles. The van der Waals surface area contributed by atoms with E-state index in [1.54, 1.807) is 6.07 Å². The molecule has 1 saturated heterocycles. The molecule has 1 fully saturated rings. The lowest BCUT2D eigenvalue weighted by Crippen LogP contribution is -2.15. The second kappa shape index (κ2) is 6.48. The number of rotatable bonds is 4. The molecule has 3 nitrogen and oxygen atoms in total. The molecule has 0 spiro atoms. The Bertz CT molecular complexity index is 591. The minimum atomic E-state index is -0.734. The van der Waals surface area contributed by atoms with E-state index in [-0.39, 0.29) is 6.10 Å². The van der Waals surface area contributed by atoms with Gasteiger partial charge in [-0.2, -0.15) is 0 Å². The van der Waals surface area contributed by atoms with Gasteiger partial charge in [-0.15, -0.1) is 0 Å². The van der Waals surface area contributed by atoms with Crippen LogP contribution < -0.4 is 4.74 Å². The number of ether oxygens (including phenoxy) is 2. The summed E-state index contributed by atoms with van der Waals surface area (Å²) in [6.45, 7) is 1.40. The predicted octanol–water partition coefficient (Wildman–Crippen LogP) is 3.59. The molecule has 4 heteroatoms. The summed E-state index contributed by atoms with van der Waals surface area (Å²) in [6, 6.07) is 14.8. The summed E-state index contributed by atoms with van der Waals surface area (Å²) in [4.78, 5) is 0. The molecule has 1 unspecified atom stereocenters. The topological polar surface area (TPSA) is 38.7 Å². The van der Waals surface area contributed by atoms with E-state index in [0.29, 0.717) is 17.2 Å². The number of aliphatic hydroxyl groups is 1. The molecule has 0 radical (unpaired) electrons. The van der Waals surface area contributed by atoms with Gasteiger partial charge in [0.1, 0.15) is 18.0 Å². The van der Waals surface area contributed by atoms with Crippen LogP contribution in [0.4, 0.5) is 0 Å². The molecule has 0 amide bonds. The molecule has 3 rings (SSSR count). The van der Waals surface area contributed by atoms with E-state index in [9.17, 15) is 5.11 Å². The fraction of sp³-hybridized carbons (Fsp3) is 0.294. The van der Waals surface area contributed by atoms with Crippen LogP contribution in [0.2, 0.25) is 5.02 Å². The van der Waals surface area contributed by atoms with E-state index in [4.69, 9.17) is 21.1 Å². The molecule has 1 N–H and O–H groups in total. The van der Waals surface area contributed by atoms with Gasteiger partial charge in [0.15, 0.2) is 0 Å². The first-order valence-corrected chi connectivity index (χ1v) is 7.38. The highest BCUT2D eigenvalue weighted by Crippen LogP contribution is 2.29. The molecule has 1 aliphatic heterocycles. The maximum absolute atomic E-state index is 10.4. The molecule has 1 heterocycles. The van der Waals surface area contributed by atoms with Crippen LogP contribution in [-0.2, 0) is 4.74 Å². The van der Waals surface area contributed by atoms with E-state index >= 15 is 0 Å². The van der Waals surface area contributed by atoms with Crippen molar-refractivity contribution in [3.63, 3.8) is 0 Å². The van der Waals surface area contributed by atoms with E-state index in [1.807, 2.05) is 42.5 Å². The minimum Gasteiger partial charge on any atom is -0.488 e. The highest BCUT2D eigenvalue weighted by Gasteiger charge is 2.18. The number of benzene rings is 2. The van der Waals surface area contributed by atoms with Gasteiger partial charge in [0.05, 0.1) is 13.2 Å². The van der Waals surface area contributed by atoms with Crippen molar-refractivity contribution in [2.24, 2.45) is 0 Å². The van der Waals surface area contributed by atoms with Gasteiger partial charge in [-0.3, -0.25) is 0 Å². The van der Waals surface area contributed by atoms with Gasteiger partial charge in [-0.25, -0.2) is 0 Å². The zero-order chi connectivity index (χ0) is 14.7. The average Bonchev–Trinajstić information content (AvgIpc) is 3.01. The average molecular weight is 305 g/mol. The first-order chi connectivity index (χ1) is 10.2. The molecule has 110 valence electrons. The summed E-state index contributed by atoms with van der Waals surface area (Å²) < 4.78 is 11.1. The summed E-state index contributed by atoms with van der Waals surface area (Å²) in [5.74, 6) is 0.792. The lowest BCUT2D eigenvalue weighted by molar-refractivity contribution is 0.141. The van der Waals surface area contributed by atoms with Gasteiger partial charge in [0, 0.05) is 17.0 Å². The Balaban J connectivity index is 1.72. The smallest absolute Gasteiger partial charge is 0.124 e. The molecule has 0 aliphatic carbocycles. The van der Waals surface area contributed by atoms with Crippen molar-refractivity contribution >= 4 is 11.6 Å². The van der Waals surface area contributed by atoms with Crippen molar-refractivity contribution in [2.75, 3.05) is 13.2 Å². The second-order valence-electron chi connectivity index (χ2n) is 5.10. The van der Waals surface area contributed by atoms with Gasteiger partial charge < -0.3 is 14.6 Å². The number of hydrogen-bond acceptors (Lipinski definition) is 3. The third-order valence-corrected chi connectivity index (χ3v) is 3.93. The lowest BCUT2D eigenvalue weighted by Gasteiger charge is -2.15. The van der Waals surface area contributed by atoms with Crippen LogP contribution in [0, 0.1) is 0 Å². The molecule has 1 aliphatic rings. The zero-order valence-corrected chi connectivity index (χ0v) is 12.3. The van der Waals surface area contributed by atoms with E-state index in [0.717, 1.165) is 24.3 Å². The van der Waals surface area contributed by atoms with Crippen molar-refractivity contribution in [1.82, 2.24) is 0 Å². The van der Waals surface area contributed by atoms with Crippen molar-refractivity contribution in [2.45, 2.75) is 18.6 Å². The standard InChI is InChI=1S/C17H17ClO3/c18-16-4-2-1-3-15(16)17(19)12-5-7-13(8-6-12)21-14-9-10-20-11-14/h1-8,14,17,19H,9-11H2/t14-,17?/m0/s1. The number of aliphatic hydroxyl groups excluding tert-OH is 1. The fourth-order valence-corrected chi connectivity index (χ4v) is 2.64. The first-order valence-electron chi connectivity index (χ1n) is 7.01. The quantitative estimate of drug-likeness (QED) is 0.938. The maximum atomic E-state index is 10.4. The van der Waals surface area contributed by atoms with Gasteiger partial charge in [0.2, 0.25) is 0 Å².